The van der Waals surface area contributed by atoms with Crippen molar-refractivity contribution in [2.24, 2.45) is 5.73 Å². The highest BCUT2D eigenvalue weighted by molar-refractivity contribution is 6.31. The minimum atomic E-state index is 0.195. The minimum absolute atomic E-state index is 0.195. The predicted molar refractivity (Wildman–Crippen MR) is 81.6 cm³/mol. The lowest BCUT2D eigenvalue weighted by atomic mass is 10.0. The maximum atomic E-state index is 6.35. The largest absolute Gasteiger partial charge is 0.369 e. The van der Waals surface area contributed by atoms with E-state index in [0.29, 0.717) is 6.04 Å². The van der Waals surface area contributed by atoms with Gasteiger partial charge in [-0.3, -0.25) is 0 Å². The first kappa shape index (κ1) is 15.3. The normalized spacial score (nSPS) is 12.8. The molecule has 0 radical (unpaired) electrons. The number of rotatable bonds is 6. The third-order valence-corrected chi connectivity index (χ3v) is 3.69. The number of halogens is 1. The Labute approximate surface area is 116 Å². The van der Waals surface area contributed by atoms with Gasteiger partial charge in [0, 0.05) is 29.3 Å². The highest BCUT2D eigenvalue weighted by Crippen LogP contribution is 2.26. The van der Waals surface area contributed by atoms with Crippen molar-refractivity contribution in [2.75, 3.05) is 11.4 Å². The van der Waals surface area contributed by atoms with Gasteiger partial charge in [0.2, 0.25) is 0 Å². The van der Waals surface area contributed by atoms with Crippen LogP contribution in [0.25, 0.3) is 0 Å². The maximum Gasteiger partial charge on any atom is 0.0459 e. The summed E-state index contributed by atoms with van der Waals surface area (Å²) in [7, 11) is 0. The van der Waals surface area contributed by atoms with Crippen LogP contribution in [0.2, 0.25) is 5.02 Å². The molecule has 0 heterocycles. The van der Waals surface area contributed by atoms with Crippen molar-refractivity contribution < 1.29 is 0 Å². The number of benzene rings is 1. The molecule has 2 nitrogen and oxygen atoms in total. The molecule has 0 aliphatic carbocycles. The van der Waals surface area contributed by atoms with Crippen molar-refractivity contribution in [1.82, 2.24) is 0 Å². The molecule has 1 aromatic carbocycles. The summed E-state index contributed by atoms with van der Waals surface area (Å²) in [5.74, 6) is 0. The molecule has 0 saturated heterocycles. The first-order valence-electron chi connectivity index (χ1n) is 6.80. The monoisotopic (exact) mass is 268 g/mol. The van der Waals surface area contributed by atoms with Crippen LogP contribution in [0, 0.1) is 0 Å². The van der Waals surface area contributed by atoms with Crippen molar-refractivity contribution in [3.05, 3.63) is 28.8 Å². The molecule has 0 aliphatic heterocycles. The molecule has 0 aliphatic rings. The Morgan fingerprint density at radius 2 is 1.94 bits per heavy atom. The van der Waals surface area contributed by atoms with E-state index in [0.717, 1.165) is 30.0 Å². The number of hydrogen-bond acceptors (Lipinski definition) is 2. The Morgan fingerprint density at radius 1 is 1.28 bits per heavy atom. The van der Waals surface area contributed by atoms with Gasteiger partial charge in [-0.2, -0.15) is 0 Å². The van der Waals surface area contributed by atoms with Crippen LogP contribution < -0.4 is 10.6 Å². The molecule has 0 bridgehead atoms. The molecule has 18 heavy (non-hydrogen) atoms. The van der Waals surface area contributed by atoms with E-state index < -0.39 is 0 Å². The van der Waals surface area contributed by atoms with E-state index in [2.05, 4.69) is 50.8 Å². The van der Waals surface area contributed by atoms with Crippen molar-refractivity contribution >= 4 is 17.3 Å². The number of nitrogens with zero attached hydrogens (tertiary/aromatic N) is 1. The van der Waals surface area contributed by atoms with E-state index in [9.17, 15) is 0 Å². The summed E-state index contributed by atoms with van der Waals surface area (Å²) in [5, 5.41) is 0.829. The maximum absolute atomic E-state index is 6.35. The Balaban J connectivity index is 2.91. The topological polar surface area (TPSA) is 29.3 Å². The second kappa shape index (κ2) is 7.01. The molecule has 1 rings (SSSR count). The van der Waals surface area contributed by atoms with E-state index >= 15 is 0 Å². The average Bonchev–Trinajstić information content (AvgIpc) is 2.32. The van der Waals surface area contributed by atoms with Gasteiger partial charge in [-0.1, -0.05) is 24.6 Å². The number of nitrogens with two attached hydrogens (primary N) is 1. The number of hydrogen-bond donors (Lipinski definition) is 1. The summed E-state index contributed by atoms with van der Waals surface area (Å²) in [6, 6.07) is 6.99. The van der Waals surface area contributed by atoms with Gasteiger partial charge in [0.15, 0.2) is 0 Å². The van der Waals surface area contributed by atoms with Gasteiger partial charge >= 0.3 is 0 Å². The number of anilines is 1. The zero-order valence-corrected chi connectivity index (χ0v) is 12.7. The summed E-state index contributed by atoms with van der Waals surface area (Å²) in [4.78, 5) is 2.33. The van der Waals surface area contributed by atoms with Gasteiger partial charge in [0.05, 0.1) is 0 Å². The van der Waals surface area contributed by atoms with E-state index in [1.807, 2.05) is 0 Å². The molecule has 0 saturated carbocycles. The van der Waals surface area contributed by atoms with Crippen LogP contribution in [0.15, 0.2) is 18.2 Å². The molecular formula is C15H25ClN2. The first-order valence-corrected chi connectivity index (χ1v) is 7.18. The highest BCUT2D eigenvalue weighted by Gasteiger charge is 2.11. The fourth-order valence-corrected chi connectivity index (χ4v) is 2.41. The van der Waals surface area contributed by atoms with E-state index in [1.54, 1.807) is 0 Å². The van der Waals surface area contributed by atoms with Gasteiger partial charge in [0.1, 0.15) is 0 Å². The molecule has 0 fully saturated rings. The Hall–Kier alpha value is -0.730. The van der Waals surface area contributed by atoms with E-state index in [4.69, 9.17) is 17.3 Å². The first-order chi connectivity index (χ1) is 8.49. The van der Waals surface area contributed by atoms with Crippen LogP contribution >= 0.6 is 11.6 Å². The zero-order valence-electron chi connectivity index (χ0n) is 11.9. The molecule has 1 atom stereocenters. The molecule has 102 valence electrons. The fourth-order valence-electron chi connectivity index (χ4n) is 2.15. The summed E-state index contributed by atoms with van der Waals surface area (Å²) >= 11 is 6.35. The van der Waals surface area contributed by atoms with Crippen LogP contribution in [0.1, 0.15) is 39.7 Å². The van der Waals surface area contributed by atoms with Crippen molar-refractivity contribution in [2.45, 2.75) is 52.6 Å². The lowest BCUT2D eigenvalue weighted by molar-refractivity contribution is 0.646. The van der Waals surface area contributed by atoms with Crippen LogP contribution in [-0.2, 0) is 6.42 Å². The summed E-state index contributed by atoms with van der Waals surface area (Å²) in [6.45, 7) is 9.64. The Morgan fingerprint density at radius 3 is 2.39 bits per heavy atom. The molecule has 1 unspecified atom stereocenters. The fraction of sp³-hybridized carbons (Fsp3) is 0.600. The van der Waals surface area contributed by atoms with Gasteiger partial charge in [-0.15, -0.1) is 0 Å². The molecular weight excluding hydrogens is 244 g/mol. The average molecular weight is 269 g/mol. The second-order valence-electron chi connectivity index (χ2n) is 5.03. The predicted octanol–water partition coefficient (Wildman–Crippen LogP) is 3.85. The molecule has 3 heteroatoms. The SMILES string of the molecule is CCC(N)Cc1ccc(N(CC)C(C)C)cc1Cl. The highest BCUT2D eigenvalue weighted by atomic mass is 35.5. The molecule has 0 amide bonds. The Bertz CT molecular complexity index is 377. The smallest absolute Gasteiger partial charge is 0.0459 e. The van der Waals surface area contributed by atoms with Gasteiger partial charge in [0.25, 0.3) is 0 Å². The second-order valence-corrected chi connectivity index (χ2v) is 5.44. The van der Waals surface area contributed by atoms with Gasteiger partial charge in [-0.25, -0.2) is 0 Å². The summed E-state index contributed by atoms with van der Waals surface area (Å²) < 4.78 is 0. The van der Waals surface area contributed by atoms with Gasteiger partial charge in [-0.05, 0) is 51.3 Å². The summed E-state index contributed by atoms with van der Waals surface area (Å²) in [5.41, 5.74) is 8.31. The Kier molecular flexibility index (Phi) is 5.97. The van der Waals surface area contributed by atoms with Crippen LogP contribution in [0.5, 0.6) is 0 Å². The minimum Gasteiger partial charge on any atom is -0.369 e. The molecule has 2 N–H and O–H groups in total. The van der Waals surface area contributed by atoms with E-state index in [1.165, 1.54) is 5.69 Å². The van der Waals surface area contributed by atoms with Crippen LogP contribution in [0.4, 0.5) is 5.69 Å². The van der Waals surface area contributed by atoms with Crippen molar-refractivity contribution in [3.8, 4) is 0 Å². The lowest BCUT2D eigenvalue weighted by Crippen LogP contribution is -2.30. The summed E-state index contributed by atoms with van der Waals surface area (Å²) in [6.07, 6.45) is 1.83. The van der Waals surface area contributed by atoms with Gasteiger partial charge < -0.3 is 10.6 Å². The third-order valence-electron chi connectivity index (χ3n) is 3.34. The standard InChI is InChI=1S/C15H25ClN2/c1-5-13(17)9-12-7-8-14(10-15(12)16)18(6-2)11(3)4/h7-8,10-11,13H,5-6,9,17H2,1-4H3. The van der Waals surface area contributed by atoms with Crippen molar-refractivity contribution in [1.29, 1.82) is 0 Å². The van der Waals surface area contributed by atoms with Crippen molar-refractivity contribution in [3.63, 3.8) is 0 Å². The third kappa shape index (κ3) is 3.89. The van der Waals surface area contributed by atoms with Crippen LogP contribution in [-0.4, -0.2) is 18.6 Å². The molecule has 1 aromatic rings. The quantitative estimate of drug-likeness (QED) is 0.849. The molecule has 0 spiro atoms. The lowest BCUT2D eigenvalue weighted by Gasteiger charge is -2.28. The van der Waals surface area contributed by atoms with E-state index in [-0.39, 0.29) is 6.04 Å². The molecule has 0 aromatic heterocycles. The van der Waals surface area contributed by atoms with Crippen LogP contribution in [0.3, 0.4) is 0 Å². The zero-order chi connectivity index (χ0) is 13.7.